The first kappa shape index (κ1) is 19.0. The molecule has 1 fully saturated rings. The van der Waals surface area contributed by atoms with Gasteiger partial charge in [-0.25, -0.2) is 0 Å². The van der Waals surface area contributed by atoms with Crippen LogP contribution < -0.4 is 14.8 Å². The highest BCUT2D eigenvalue weighted by Crippen LogP contribution is 2.38. The molecule has 2 aromatic rings. The summed E-state index contributed by atoms with van der Waals surface area (Å²) in [6, 6.07) is 12.3. The molecule has 5 rings (SSSR count). The average molecular weight is 425 g/mol. The number of rotatable bonds is 4. The summed E-state index contributed by atoms with van der Waals surface area (Å²) < 4.78 is 10.8. The number of hydrogen-bond donors (Lipinski definition) is 1. The smallest absolute Gasteiger partial charge is 0.278 e. The second-order valence-electron chi connectivity index (χ2n) is 7.72. The summed E-state index contributed by atoms with van der Waals surface area (Å²) in [6.45, 7) is 0.171. The summed E-state index contributed by atoms with van der Waals surface area (Å²) in [6.07, 6.45) is 4.91. The van der Waals surface area contributed by atoms with E-state index in [4.69, 9.17) is 21.1 Å². The molecule has 0 radical (unpaired) electrons. The number of carbonyl (C=O) groups is 2. The number of ether oxygens (including phenoxy) is 2. The van der Waals surface area contributed by atoms with Crippen LogP contribution in [0, 0.1) is 0 Å². The molecular formula is C23H21ClN2O4. The van der Waals surface area contributed by atoms with Crippen molar-refractivity contribution in [3.05, 3.63) is 58.7 Å². The van der Waals surface area contributed by atoms with E-state index in [2.05, 4.69) is 5.32 Å². The van der Waals surface area contributed by atoms with Crippen molar-refractivity contribution in [3.63, 3.8) is 0 Å². The van der Waals surface area contributed by atoms with Crippen LogP contribution in [-0.4, -0.2) is 29.5 Å². The number of nitrogens with one attached hydrogen (secondary N) is 1. The van der Waals surface area contributed by atoms with E-state index in [0.29, 0.717) is 33.3 Å². The molecule has 1 saturated carbocycles. The van der Waals surface area contributed by atoms with Gasteiger partial charge < -0.3 is 14.8 Å². The van der Waals surface area contributed by atoms with E-state index in [1.807, 2.05) is 0 Å². The number of halogens is 1. The van der Waals surface area contributed by atoms with Gasteiger partial charge in [0.15, 0.2) is 11.5 Å². The van der Waals surface area contributed by atoms with Gasteiger partial charge >= 0.3 is 0 Å². The molecule has 2 aromatic carbocycles. The standard InChI is InChI=1S/C23H21ClN2O4/c24-15-8-6-14(7-9-15)20-21(25-16-10-11-18-19(12-16)30-13-29-18)23(28)26(22(20)27)17-4-2-1-3-5-17/h6-12,17,25H,1-5,13H2. The minimum atomic E-state index is -0.283. The predicted octanol–water partition coefficient (Wildman–Crippen LogP) is 4.59. The Morgan fingerprint density at radius 2 is 1.63 bits per heavy atom. The molecular weight excluding hydrogens is 404 g/mol. The Morgan fingerprint density at radius 3 is 2.40 bits per heavy atom. The van der Waals surface area contributed by atoms with Crippen LogP contribution in [0.4, 0.5) is 5.69 Å². The fourth-order valence-electron chi connectivity index (χ4n) is 4.34. The Hall–Kier alpha value is -2.99. The summed E-state index contributed by atoms with van der Waals surface area (Å²) in [5.74, 6) is 0.728. The zero-order valence-corrected chi connectivity index (χ0v) is 17.1. The first-order valence-electron chi connectivity index (χ1n) is 10.2. The lowest BCUT2D eigenvalue weighted by atomic mass is 9.94. The zero-order valence-electron chi connectivity index (χ0n) is 16.3. The van der Waals surface area contributed by atoms with Gasteiger partial charge in [-0.05, 0) is 42.7 Å². The lowest BCUT2D eigenvalue weighted by molar-refractivity contribution is -0.140. The van der Waals surface area contributed by atoms with Crippen LogP contribution in [0.25, 0.3) is 5.57 Å². The quantitative estimate of drug-likeness (QED) is 0.727. The Morgan fingerprint density at radius 1 is 0.900 bits per heavy atom. The average Bonchev–Trinajstić information content (AvgIpc) is 3.32. The molecule has 2 heterocycles. The number of amides is 2. The lowest BCUT2D eigenvalue weighted by Crippen LogP contribution is -2.42. The van der Waals surface area contributed by atoms with Gasteiger partial charge in [-0.3, -0.25) is 14.5 Å². The summed E-state index contributed by atoms with van der Waals surface area (Å²) >= 11 is 6.03. The van der Waals surface area contributed by atoms with E-state index in [1.165, 1.54) is 4.90 Å². The molecule has 0 bridgehead atoms. The molecule has 154 valence electrons. The second kappa shape index (κ2) is 7.69. The van der Waals surface area contributed by atoms with Crippen molar-refractivity contribution < 1.29 is 19.1 Å². The van der Waals surface area contributed by atoms with Gasteiger partial charge in [0.2, 0.25) is 6.79 Å². The topological polar surface area (TPSA) is 67.9 Å². The summed E-state index contributed by atoms with van der Waals surface area (Å²) in [5, 5.41) is 3.76. The maximum Gasteiger partial charge on any atom is 0.278 e. The Labute approximate surface area is 179 Å². The first-order valence-corrected chi connectivity index (χ1v) is 10.5. The van der Waals surface area contributed by atoms with Gasteiger partial charge in [0.1, 0.15) is 5.70 Å². The van der Waals surface area contributed by atoms with E-state index in [0.717, 1.165) is 32.1 Å². The fourth-order valence-corrected chi connectivity index (χ4v) is 4.46. The van der Waals surface area contributed by atoms with Crippen LogP contribution in [0.5, 0.6) is 11.5 Å². The molecule has 30 heavy (non-hydrogen) atoms. The number of anilines is 1. The highest BCUT2D eigenvalue weighted by molar-refractivity contribution is 6.37. The third kappa shape index (κ3) is 3.31. The van der Waals surface area contributed by atoms with Gasteiger partial charge in [0, 0.05) is 22.8 Å². The van der Waals surface area contributed by atoms with Crippen LogP contribution in [0.3, 0.4) is 0 Å². The summed E-state index contributed by atoms with van der Waals surface area (Å²) in [5.41, 5.74) is 1.98. The number of imide groups is 1. The molecule has 3 aliphatic rings. The van der Waals surface area contributed by atoms with Gasteiger partial charge in [-0.1, -0.05) is 43.0 Å². The predicted molar refractivity (Wildman–Crippen MR) is 113 cm³/mol. The molecule has 0 saturated heterocycles. The highest BCUT2D eigenvalue weighted by Gasteiger charge is 2.43. The van der Waals surface area contributed by atoms with Gasteiger partial charge in [-0.2, -0.15) is 0 Å². The molecule has 2 amide bonds. The third-order valence-electron chi connectivity index (χ3n) is 5.83. The Bertz CT molecular complexity index is 1040. The van der Waals surface area contributed by atoms with Gasteiger partial charge in [0.25, 0.3) is 11.8 Å². The molecule has 2 aliphatic heterocycles. The maximum absolute atomic E-state index is 13.4. The largest absolute Gasteiger partial charge is 0.454 e. The minimum Gasteiger partial charge on any atom is -0.454 e. The summed E-state index contributed by atoms with van der Waals surface area (Å²) in [4.78, 5) is 28.3. The maximum atomic E-state index is 13.4. The lowest BCUT2D eigenvalue weighted by Gasteiger charge is -2.29. The second-order valence-corrected chi connectivity index (χ2v) is 8.16. The van der Waals surface area contributed by atoms with Crippen molar-refractivity contribution in [2.24, 2.45) is 0 Å². The molecule has 6 nitrogen and oxygen atoms in total. The van der Waals surface area contributed by atoms with Crippen molar-refractivity contribution in [2.45, 2.75) is 38.1 Å². The molecule has 7 heteroatoms. The van der Waals surface area contributed by atoms with E-state index >= 15 is 0 Å². The molecule has 0 spiro atoms. The molecule has 1 N–H and O–H groups in total. The Kier molecular flexibility index (Phi) is 4.87. The monoisotopic (exact) mass is 424 g/mol. The Balaban J connectivity index is 1.54. The first-order chi connectivity index (χ1) is 14.6. The number of carbonyl (C=O) groups excluding carboxylic acids is 2. The fraction of sp³-hybridized carbons (Fsp3) is 0.304. The van der Waals surface area contributed by atoms with Crippen molar-refractivity contribution in [3.8, 4) is 11.5 Å². The van der Waals surface area contributed by atoms with Crippen molar-refractivity contribution in [2.75, 3.05) is 12.1 Å². The van der Waals surface area contributed by atoms with E-state index in [1.54, 1.807) is 42.5 Å². The number of hydrogen-bond acceptors (Lipinski definition) is 5. The van der Waals surface area contributed by atoms with Crippen LogP contribution in [0.2, 0.25) is 5.02 Å². The van der Waals surface area contributed by atoms with E-state index < -0.39 is 0 Å². The number of nitrogens with zero attached hydrogens (tertiary/aromatic N) is 1. The van der Waals surface area contributed by atoms with Crippen LogP contribution in [0.15, 0.2) is 48.2 Å². The van der Waals surface area contributed by atoms with E-state index in [-0.39, 0.29) is 30.3 Å². The minimum absolute atomic E-state index is 0.0582. The molecule has 0 aromatic heterocycles. The van der Waals surface area contributed by atoms with Crippen LogP contribution in [-0.2, 0) is 9.59 Å². The van der Waals surface area contributed by atoms with Crippen molar-refractivity contribution in [1.82, 2.24) is 4.90 Å². The highest BCUT2D eigenvalue weighted by atomic mass is 35.5. The third-order valence-corrected chi connectivity index (χ3v) is 6.08. The van der Waals surface area contributed by atoms with Crippen molar-refractivity contribution >= 4 is 34.7 Å². The molecule has 0 unspecified atom stereocenters. The zero-order chi connectivity index (χ0) is 20.7. The molecule has 1 aliphatic carbocycles. The van der Waals surface area contributed by atoms with E-state index in [9.17, 15) is 9.59 Å². The SMILES string of the molecule is O=C1C(Nc2ccc3c(c2)OCO3)=C(c2ccc(Cl)cc2)C(=O)N1C1CCCCC1. The van der Waals surface area contributed by atoms with Gasteiger partial charge in [-0.15, -0.1) is 0 Å². The van der Waals surface area contributed by atoms with Crippen molar-refractivity contribution in [1.29, 1.82) is 0 Å². The van der Waals surface area contributed by atoms with Gasteiger partial charge in [0.05, 0.1) is 5.57 Å². The summed E-state index contributed by atoms with van der Waals surface area (Å²) in [7, 11) is 0. The van der Waals surface area contributed by atoms with Crippen LogP contribution >= 0.6 is 11.6 Å². The molecule has 0 atom stereocenters. The normalized spacial score (nSPS) is 19.0. The number of fused-ring (bicyclic) bond motifs is 1. The van der Waals surface area contributed by atoms with Crippen LogP contribution in [0.1, 0.15) is 37.7 Å². The number of benzene rings is 2.